The van der Waals surface area contributed by atoms with Gasteiger partial charge in [-0.2, -0.15) is 0 Å². The van der Waals surface area contributed by atoms with Crippen molar-refractivity contribution in [3.05, 3.63) is 96.1 Å². The van der Waals surface area contributed by atoms with Crippen LogP contribution in [0.5, 0.6) is 0 Å². The number of esters is 2. The normalized spacial score (nSPS) is 12.7. The summed E-state index contributed by atoms with van der Waals surface area (Å²) in [4.78, 5) is 39.8. The molecule has 7 heteroatoms. The number of carbonyl (C=O) groups is 3. The average Bonchev–Trinajstić information content (AvgIpc) is 2.90. The van der Waals surface area contributed by atoms with Crippen LogP contribution in [0.2, 0.25) is 0 Å². The van der Waals surface area contributed by atoms with Crippen molar-refractivity contribution in [2.24, 2.45) is 0 Å². The lowest BCUT2D eigenvalue weighted by atomic mass is 10.00. The van der Waals surface area contributed by atoms with Gasteiger partial charge < -0.3 is 14.2 Å². The predicted octanol–water partition coefficient (Wildman–Crippen LogP) is 5.81. The summed E-state index contributed by atoms with van der Waals surface area (Å²) in [7, 11) is 1.48. The summed E-state index contributed by atoms with van der Waals surface area (Å²) in [6.45, 7) is 6.76. The molecule has 0 aliphatic rings. The first-order valence-electron chi connectivity index (χ1n) is 12.5. The zero-order valence-electron chi connectivity index (χ0n) is 22.5. The quantitative estimate of drug-likeness (QED) is 0.263. The van der Waals surface area contributed by atoms with Crippen molar-refractivity contribution in [3.63, 3.8) is 0 Å². The van der Waals surface area contributed by atoms with Gasteiger partial charge in [-0.3, -0.25) is 4.90 Å². The molecule has 0 aliphatic carbocycles. The molecule has 7 nitrogen and oxygen atoms in total. The second-order valence-corrected chi connectivity index (χ2v) is 10.0. The highest BCUT2D eigenvalue weighted by molar-refractivity contribution is 5.84. The Balaban J connectivity index is 1.72. The van der Waals surface area contributed by atoms with E-state index in [1.807, 2.05) is 84.9 Å². The maximum absolute atomic E-state index is 13.3. The maximum atomic E-state index is 13.3. The lowest BCUT2D eigenvalue weighted by molar-refractivity contribution is -0.170. The number of hydrogen-bond acceptors (Lipinski definition) is 6. The zero-order valence-corrected chi connectivity index (χ0v) is 22.5. The van der Waals surface area contributed by atoms with Gasteiger partial charge in [0.15, 0.2) is 6.10 Å². The molecule has 38 heavy (non-hydrogen) atoms. The van der Waals surface area contributed by atoms with Crippen LogP contribution >= 0.6 is 0 Å². The lowest BCUT2D eigenvalue weighted by Crippen LogP contribution is -2.47. The average molecular weight is 518 g/mol. The summed E-state index contributed by atoms with van der Waals surface area (Å²) in [6, 6.07) is 25.9. The summed E-state index contributed by atoms with van der Waals surface area (Å²) in [5.41, 5.74) is 3.00. The number of rotatable bonds is 9. The van der Waals surface area contributed by atoms with Crippen LogP contribution in [0, 0.1) is 0 Å². The highest BCUT2D eigenvalue weighted by atomic mass is 16.6. The van der Waals surface area contributed by atoms with Crippen molar-refractivity contribution in [3.8, 4) is 11.1 Å². The molecule has 0 bridgehead atoms. The number of likely N-dealkylation sites (N-methyl/N-ethyl adjacent to an activating group) is 1. The topological polar surface area (TPSA) is 82.1 Å². The first kappa shape index (κ1) is 28.4. The summed E-state index contributed by atoms with van der Waals surface area (Å²) in [6.07, 6.45) is -1.64. The van der Waals surface area contributed by atoms with Gasteiger partial charge >= 0.3 is 18.0 Å². The third kappa shape index (κ3) is 8.47. The minimum absolute atomic E-state index is 0.0660. The van der Waals surface area contributed by atoms with Crippen LogP contribution in [0.15, 0.2) is 84.9 Å². The van der Waals surface area contributed by atoms with E-state index in [1.54, 1.807) is 20.8 Å². The van der Waals surface area contributed by atoms with E-state index in [1.165, 1.54) is 18.9 Å². The van der Waals surface area contributed by atoms with Crippen molar-refractivity contribution < 1.29 is 28.6 Å². The van der Waals surface area contributed by atoms with E-state index in [-0.39, 0.29) is 13.0 Å². The van der Waals surface area contributed by atoms with E-state index < -0.39 is 35.8 Å². The Morgan fingerprint density at radius 3 is 1.89 bits per heavy atom. The van der Waals surface area contributed by atoms with Crippen LogP contribution < -0.4 is 0 Å². The van der Waals surface area contributed by atoms with Crippen molar-refractivity contribution in [2.75, 3.05) is 7.05 Å². The summed E-state index contributed by atoms with van der Waals surface area (Å²) < 4.78 is 16.2. The highest BCUT2D eigenvalue weighted by Gasteiger charge is 2.33. The van der Waals surface area contributed by atoms with Gasteiger partial charge in [0.05, 0.1) is 0 Å². The van der Waals surface area contributed by atoms with Crippen LogP contribution in [0.4, 0.5) is 4.79 Å². The third-order valence-electron chi connectivity index (χ3n) is 5.76. The highest BCUT2D eigenvalue weighted by Crippen LogP contribution is 2.21. The lowest BCUT2D eigenvalue weighted by Gasteiger charge is -2.30. The maximum Gasteiger partial charge on any atom is 0.410 e. The Morgan fingerprint density at radius 1 is 0.763 bits per heavy atom. The van der Waals surface area contributed by atoms with Crippen molar-refractivity contribution in [2.45, 2.75) is 58.5 Å². The SMILES string of the molecule is CC(OC(=O)[C@H](Cc1ccc(-c2ccccc2)cc1)N(C)C(=O)OC(C)(C)C)C(=O)OCc1ccccc1. The number of nitrogens with zero attached hydrogens (tertiary/aromatic N) is 1. The zero-order chi connectivity index (χ0) is 27.7. The Kier molecular flexibility index (Phi) is 9.66. The molecular formula is C31H35NO6. The third-order valence-corrected chi connectivity index (χ3v) is 5.76. The van der Waals surface area contributed by atoms with Gasteiger partial charge in [-0.05, 0) is 49.9 Å². The predicted molar refractivity (Wildman–Crippen MR) is 145 cm³/mol. The van der Waals surface area contributed by atoms with Gasteiger partial charge in [-0.1, -0.05) is 84.9 Å². The molecule has 3 aromatic rings. The fraction of sp³-hybridized carbons (Fsp3) is 0.323. The summed E-state index contributed by atoms with van der Waals surface area (Å²) in [5.74, 6) is -1.40. The van der Waals surface area contributed by atoms with Crippen LogP contribution in [0.25, 0.3) is 11.1 Å². The van der Waals surface area contributed by atoms with Crippen molar-refractivity contribution in [1.82, 2.24) is 4.90 Å². The molecule has 1 amide bonds. The van der Waals surface area contributed by atoms with Gasteiger partial charge in [-0.15, -0.1) is 0 Å². The van der Waals surface area contributed by atoms with Gasteiger partial charge in [0.25, 0.3) is 0 Å². The Labute approximate surface area is 224 Å². The molecule has 0 N–H and O–H groups in total. The van der Waals surface area contributed by atoms with E-state index >= 15 is 0 Å². The Hall–Kier alpha value is -4.13. The van der Waals surface area contributed by atoms with Crippen molar-refractivity contribution in [1.29, 1.82) is 0 Å². The Bertz CT molecular complexity index is 1200. The molecule has 200 valence electrons. The molecular weight excluding hydrogens is 482 g/mol. The molecule has 3 aromatic carbocycles. The van der Waals surface area contributed by atoms with Crippen LogP contribution in [0.1, 0.15) is 38.8 Å². The number of ether oxygens (including phenoxy) is 3. The first-order valence-corrected chi connectivity index (χ1v) is 12.5. The van der Waals surface area contributed by atoms with Crippen molar-refractivity contribution >= 4 is 18.0 Å². The molecule has 0 aliphatic heterocycles. The second kappa shape index (κ2) is 12.9. The van der Waals surface area contributed by atoms with E-state index in [4.69, 9.17) is 14.2 Å². The largest absolute Gasteiger partial charge is 0.458 e. The van der Waals surface area contributed by atoms with Gasteiger partial charge in [0.2, 0.25) is 0 Å². The van der Waals surface area contributed by atoms with Crippen LogP contribution in [-0.4, -0.2) is 47.7 Å². The molecule has 0 spiro atoms. The standard InChI is InChI=1S/C31H35NO6/c1-22(28(33)36-21-24-12-8-6-9-13-24)37-29(34)27(32(5)30(35)38-31(2,3)4)20-23-16-18-26(19-17-23)25-14-10-7-11-15-25/h6-19,22,27H,20-21H2,1-5H3/t22?,27-/m0/s1. The first-order chi connectivity index (χ1) is 18.0. The fourth-order valence-electron chi connectivity index (χ4n) is 3.67. The van der Waals surface area contributed by atoms with E-state index in [2.05, 4.69) is 0 Å². The van der Waals surface area contributed by atoms with Gasteiger partial charge in [-0.25, -0.2) is 14.4 Å². The van der Waals surface area contributed by atoms with E-state index in [0.29, 0.717) is 0 Å². The molecule has 3 rings (SSSR count). The number of carbonyl (C=O) groups excluding carboxylic acids is 3. The molecule has 0 heterocycles. The molecule has 2 atom stereocenters. The van der Waals surface area contributed by atoms with Gasteiger partial charge in [0.1, 0.15) is 18.2 Å². The Morgan fingerprint density at radius 2 is 1.32 bits per heavy atom. The van der Waals surface area contributed by atoms with Crippen LogP contribution in [0.3, 0.4) is 0 Å². The number of hydrogen-bond donors (Lipinski definition) is 0. The monoisotopic (exact) mass is 517 g/mol. The van der Waals surface area contributed by atoms with Gasteiger partial charge in [0, 0.05) is 13.5 Å². The fourth-order valence-corrected chi connectivity index (χ4v) is 3.67. The molecule has 0 saturated heterocycles. The second-order valence-electron chi connectivity index (χ2n) is 10.0. The molecule has 0 radical (unpaired) electrons. The summed E-state index contributed by atoms with van der Waals surface area (Å²) in [5, 5.41) is 0. The molecule has 0 fully saturated rings. The van der Waals surface area contributed by atoms with Crippen LogP contribution in [-0.2, 0) is 36.8 Å². The van der Waals surface area contributed by atoms with E-state index in [0.717, 1.165) is 22.3 Å². The minimum atomic E-state index is -1.15. The number of amides is 1. The molecule has 0 saturated carbocycles. The summed E-state index contributed by atoms with van der Waals surface area (Å²) >= 11 is 0. The van der Waals surface area contributed by atoms with E-state index in [9.17, 15) is 14.4 Å². The molecule has 0 aromatic heterocycles. The number of benzene rings is 3. The minimum Gasteiger partial charge on any atom is -0.458 e. The molecule has 1 unspecified atom stereocenters. The smallest absolute Gasteiger partial charge is 0.410 e.